The average molecular weight is 282 g/mol. The van der Waals surface area contributed by atoms with Gasteiger partial charge in [-0.2, -0.15) is 0 Å². The average Bonchev–Trinajstić information content (AvgIpc) is 2.43. The van der Waals surface area contributed by atoms with Crippen molar-refractivity contribution in [2.75, 3.05) is 13.2 Å². The number of benzene rings is 1. The van der Waals surface area contributed by atoms with Gasteiger partial charge in [0.15, 0.2) is 0 Å². The van der Waals surface area contributed by atoms with Gasteiger partial charge in [0.1, 0.15) is 5.75 Å². The third-order valence-corrected chi connectivity index (χ3v) is 6.71. The molecule has 19 heavy (non-hydrogen) atoms. The molecule has 0 spiro atoms. The van der Waals surface area contributed by atoms with Crippen molar-refractivity contribution in [2.45, 2.75) is 46.1 Å². The Kier molecular flexibility index (Phi) is 7.13. The van der Waals surface area contributed by atoms with Crippen molar-refractivity contribution in [1.29, 1.82) is 0 Å². The molecular weight excluding hydrogens is 256 g/mol. The summed E-state index contributed by atoms with van der Waals surface area (Å²) in [5, 5.41) is 11.0. The monoisotopic (exact) mass is 282 g/mol. The number of hydrogen-bond donors (Lipinski definition) is 1. The van der Waals surface area contributed by atoms with Gasteiger partial charge in [-0.15, -0.1) is 0 Å². The molecule has 0 fully saturated rings. The van der Waals surface area contributed by atoms with Crippen LogP contribution in [0.5, 0.6) is 5.75 Å². The number of phenols is 1. The second-order valence-electron chi connectivity index (χ2n) is 4.72. The Morgan fingerprint density at radius 2 is 1.53 bits per heavy atom. The quantitative estimate of drug-likeness (QED) is 0.706. The first kappa shape index (κ1) is 16.2. The predicted octanol–water partition coefficient (Wildman–Crippen LogP) is 3.30. The van der Waals surface area contributed by atoms with Crippen LogP contribution >= 0.6 is 0 Å². The lowest BCUT2D eigenvalue weighted by atomic mass is 10.3. The van der Waals surface area contributed by atoms with E-state index in [-0.39, 0.29) is 0 Å². The molecule has 108 valence electrons. The summed E-state index contributed by atoms with van der Waals surface area (Å²) >= 11 is 0. The van der Waals surface area contributed by atoms with Crippen molar-refractivity contribution in [3.63, 3.8) is 0 Å². The van der Waals surface area contributed by atoms with Gasteiger partial charge in [0.05, 0.1) is 0 Å². The standard InChI is InChI=1S/C15H26O3Si/c1-4-11-17-19(13-6-3,18-12-5-2)15-10-8-7-9-14(15)16/h7-10,16H,4-6,11-13H2,1-3H3. The van der Waals surface area contributed by atoms with Gasteiger partial charge >= 0.3 is 8.56 Å². The molecule has 0 aliphatic heterocycles. The van der Waals surface area contributed by atoms with Crippen LogP contribution in [0.1, 0.15) is 40.0 Å². The predicted molar refractivity (Wildman–Crippen MR) is 81.1 cm³/mol. The summed E-state index contributed by atoms with van der Waals surface area (Å²) in [6.45, 7) is 7.69. The highest BCUT2D eigenvalue weighted by Gasteiger charge is 2.41. The van der Waals surface area contributed by atoms with E-state index >= 15 is 0 Å². The Morgan fingerprint density at radius 1 is 0.947 bits per heavy atom. The molecule has 1 aromatic rings. The lowest BCUT2D eigenvalue weighted by molar-refractivity contribution is 0.178. The van der Waals surface area contributed by atoms with Crippen LogP contribution in [0.4, 0.5) is 0 Å². The van der Waals surface area contributed by atoms with Crippen LogP contribution in [0.15, 0.2) is 24.3 Å². The number of para-hydroxylation sites is 1. The SMILES string of the molecule is CCCO[Si](CCC)(OCCC)c1ccccc1O. The summed E-state index contributed by atoms with van der Waals surface area (Å²) in [4.78, 5) is 0. The molecular formula is C15H26O3Si. The van der Waals surface area contributed by atoms with E-state index in [0.29, 0.717) is 19.0 Å². The second-order valence-corrected chi connectivity index (χ2v) is 7.84. The lowest BCUT2D eigenvalue weighted by Gasteiger charge is -2.31. The highest BCUT2D eigenvalue weighted by molar-refractivity contribution is 6.81. The van der Waals surface area contributed by atoms with Gasteiger partial charge in [-0.1, -0.05) is 45.4 Å². The van der Waals surface area contributed by atoms with E-state index in [2.05, 4.69) is 20.8 Å². The van der Waals surface area contributed by atoms with Crippen LogP contribution < -0.4 is 5.19 Å². The molecule has 0 heterocycles. The fourth-order valence-electron chi connectivity index (χ4n) is 2.13. The maximum absolute atomic E-state index is 10.1. The molecule has 0 saturated carbocycles. The lowest BCUT2D eigenvalue weighted by Crippen LogP contribution is -2.54. The highest BCUT2D eigenvalue weighted by Crippen LogP contribution is 2.21. The molecule has 0 unspecified atom stereocenters. The highest BCUT2D eigenvalue weighted by atomic mass is 28.4. The molecule has 1 aromatic carbocycles. The summed E-state index contributed by atoms with van der Waals surface area (Å²) in [7, 11) is -2.51. The van der Waals surface area contributed by atoms with Crippen molar-refractivity contribution in [3.05, 3.63) is 24.3 Å². The minimum Gasteiger partial charge on any atom is -0.508 e. The van der Waals surface area contributed by atoms with E-state index in [4.69, 9.17) is 8.85 Å². The smallest absolute Gasteiger partial charge is 0.376 e. The summed E-state index contributed by atoms with van der Waals surface area (Å²) in [6, 6.07) is 8.32. The van der Waals surface area contributed by atoms with Crippen LogP contribution in [-0.4, -0.2) is 26.9 Å². The first-order valence-corrected chi connectivity index (χ1v) is 9.29. The van der Waals surface area contributed by atoms with Crippen molar-refractivity contribution < 1.29 is 14.0 Å². The first-order chi connectivity index (χ1) is 9.20. The van der Waals surface area contributed by atoms with Gasteiger partial charge in [0, 0.05) is 18.4 Å². The van der Waals surface area contributed by atoms with E-state index in [1.165, 1.54) is 0 Å². The van der Waals surface area contributed by atoms with Crippen molar-refractivity contribution >= 4 is 13.7 Å². The molecule has 0 radical (unpaired) electrons. The fourth-order valence-corrected chi connectivity index (χ4v) is 5.64. The summed E-state index contributed by atoms with van der Waals surface area (Å²) < 4.78 is 12.3. The first-order valence-electron chi connectivity index (χ1n) is 7.26. The van der Waals surface area contributed by atoms with Gasteiger partial charge in [0.2, 0.25) is 0 Å². The van der Waals surface area contributed by atoms with E-state index in [1.54, 1.807) is 6.07 Å². The normalized spacial score (nSPS) is 11.7. The molecule has 3 nitrogen and oxygen atoms in total. The summed E-state index contributed by atoms with van der Waals surface area (Å²) in [5.41, 5.74) is 0. The van der Waals surface area contributed by atoms with Crippen LogP contribution in [0.25, 0.3) is 0 Å². The molecule has 0 amide bonds. The largest absolute Gasteiger partial charge is 0.508 e. The van der Waals surface area contributed by atoms with Crippen LogP contribution in [0.3, 0.4) is 0 Å². The fraction of sp³-hybridized carbons (Fsp3) is 0.600. The van der Waals surface area contributed by atoms with Gasteiger partial charge in [0.25, 0.3) is 0 Å². The van der Waals surface area contributed by atoms with Crippen LogP contribution in [0, 0.1) is 0 Å². The van der Waals surface area contributed by atoms with E-state index < -0.39 is 8.56 Å². The Bertz CT molecular complexity index is 360. The van der Waals surface area contributed by atoms with Gasteiger partial charge in [-0.05, 0) is 25.0 Å². The Balaban J connectivity index is 3.08. The minimum absolute atomic E-state index is 0.301. The minimum atomic E-state index is -2.51. The van der Waals surface area contributed by atoms with Crippen molar-refractivity contribution in [1.82, 2.24) is 0 Å². The molecule has 1 rings (SSSR count). The molecule has 0 atom stereocenters. The molecule has 0 saturated heterocycles. The summed E-state index contributed by atoms with van der Waals surface area (Å²) in [5.74, 6) is 0.301. The topological polar surface area (TPSA) is 38.7 Å². The van der Waals surface area contributed by atoms with Gasteiger partial charge in [-0.3, -0.25) is 0 Å². The van der Waals surface area contributed by atoms with E-state index in [1.807, 2.05) is 18.2 Å². The maximum Gasteiger partial charge on any atom is 0.376 e. The maximum atomic E-state index is 10.1. The third-order valence-electron chi connectivity index (χ3n) is 2.97. The van der Waals surface area contributed by atoms with Crippen LogP contribution in [-0.2, 0) is 8.85 Å². The van der Waals surface area contributed by atoms with E-state index in [0.717, 1.165) is 30.5 Å². The number of phenolic OH excluding ortho intramolecular Hbond substituents is 1. The van der Waals surface area contributed by atoms with Crippen molar-refractivity contribution in [3.8, 4) is 5.75 Å². The second kappa shape index (κ2) is 8.35. The third kappa shape index (κ3) is 4.33. The molecule has 0 aliphatic carbocycles. The van der Waals surface area contributed by atoms with Crippen LogP contribution in [0.2, 0.25) is 6.04 Å². The number of aromatic hydroxyl groups is 1. The molecule has 0 bridgehead atoms. The molecule has 1 N–H and O–H groups in total. The van der Waals surface area contributed by atoms with E-state index in [9.17, 15) is 5.11 Å². The summed E-state index contributed by atoms with van der Waals surface area (Å²) in [6.07, 6.45) is 2.91. The zero-order valence-corrected chi connectivity index (χ0v) is 13.3. The zero-order valence-electron chi connectivity index (χ0n) is 12.3. The molecule has 0 aliphatic rings. The Hall–Kier alpha value is -0.843. The molecule has 4 heteroatoms. The number of rotatable bonds is 9. The van der Waals surface area contributed by atoms with Gasteiger partial charge < -0.3 is 14.0 Å². The van der Waals surface area contributed by atoms with Crippen molar-refractivity contribution in [2.24, 2.45) is 0 Å². The van der Waals surface area contributed by atoms with Gasteiger partial charge in [-0.25, -0.2) is 0 Å². The molecule has 0 aromatic heterocycles. The number of hydrogen-bond acceptors (Lipinski definition) is 3. The Morgan fingerprint density at radius 3 is 2.00 bits per heavy atom. The Labute approximate surface area is 117 Å². The zero-order chi connectivity index (χ0) is 14.1.